The van der Waals surface area contributed by atoms with Crippen molar-refractivity contribution in [2.45, 2.75) is 25.5 Å². The number of guanidine groups is 1. The van der Waals surface area contributed by atoms with Gasteiger partial charge in [0.2, 0.25) is 0 Å². The summed E-state index contributed by atoms with van der Waals surface area (Å²) in [6.07, 6.45) is 1.20. The summed E-state index contributed by atoms with van der Waals surface area (Å²) in [6, 6.07) is 13.8. The number of hydrogen-bond acceptors (Lipinski definition) is 4. The number of nitrogens with zero attached hydrogens (tertiary/aromatic N) is 1. The molecule has 0 aromatic heterocycles. The Balaban J connectivity index is 0.00000420. The molecule has 2 rings (SSSR count). The maximum atomic E-state index is 12.5. The van der Waals surface area contributed by atoms with Gasteiger partial charge in [-0.15, -0.1) is 24.0 Å². The molecule has 0 unspecified atom stereocenters. The number of rotatable bonds is 8. The van der Waals surface area contributed by atoms with E-state index in [-0.39, 0.29) is 42.0 Å². The average molecular weight is 539 g/mol. The van der Waals surface area contributed by atoms with Gasteiger partial charge in [0, 0.05) is 32.0 Å². The molecule has 2 aromatic carbocycles. The number of aliphatic imine (C=N–C) groups is 1. The predicted octanol–water partition coefficient (Wildman–Crippen LogP) is 3.32. The third kappa shape index (κ3) is 9.39. The fourth-order valence-corrected chi connectivity index (χ4v) is 3.30. The highest BCUT2D eigenvalue weighted by molar-refractivity contribution is 14.0. The second-order valence-electron chi connectivity index (χ2n) is 6.15. The summed E-state index contributed by atoms with van der Waals surface area (Å²) < 4.78 is 52.1. The molecule has 2 aromatic rings. The van der Waals surface area contributed by atoms with E-state index in [0.717, 1.165) is 11.1 Å². The van der Waals surface area contributed by atoms with Gasteiger partial charge in [-0.3, -0.25) is 4.99 Å². The van der Waals surface area contributed by atoms with Gasteiger partial charge in [-0.2, -0.15) is 8.78 Å². The Morgan fingerprint density at radius 3 is 2.21 bits per heavy atom. The first-order chi connectivity index (χ1) is 13.3. The van der Waals surface area contributed by atoms with E-state index >= 15 is 0 Å². The van der Waals surface area contributed by atoms with E-state index in [1.165, 1.54) is 12.3 Å². The lowest BCUT2D eigenvalue weighted by Crippen LogP contribution is -2.36. The molecule has 2 N–H and O–H groups in total. The molecule has 0 bridgehead atoms. The van der Waals surface area contributed by atoms with E-state index in [0.29, 0.717) is 18.1 Å². The van der Waals surface area contributed by atoms with E-state index in [9.17, 15) is 17.2 Å². The van der Waals surface area contributed by atoms with Crippen LogP contribution in [0.2, 0.25) is 0 Å². The summed E-state index contributed by atoms with van der Waals surface area (Å²) in [5.41, 5.74) is 2.25. The highest BCUT2D eigenvalue weighted by atomic mass is 127. The molecular weight excluding hydrogens is 515 g/mol. The molecular formula is C19H24F2IN3O3S. The Bertz CT molecular complexity index is 907. The molecule has 160 valence electrons. The molecule has 0 spiro atoms. The molecule has 0 aliphatic rings. The third-order valence-electron chi connectivity index (χ3n) is 3.77. The molecule has 0 radical (unpaired) electrons. The van der Waals surface area contributed by atoms with E-state index in [1.807, 2.05) is 12.1 Å². The van der Waals surface area contributed by atoms with Gasteiger partial charge in [0.05, 0.1) is 5.75 Å². The van der Waals surface area contributed by atoms with Crippen LogP contribution in [0.5, 0.6) is 5.75 Å². The number of ether oxygens (including phenoxy) is 1. The minimum atomic E-state index is -3.07. The Kier molecular flexibility index (Phi) is 10.3. The SMILES string of the molecule is CN=C(NCc1ccc(CS(C)(=O)=O)cc1)NCc1ccccc1OC(F)F.I. The van der Waals surface area contributed by atoms with Crippen molar-refractivity contribution in [3.8, 4) is 5.75 Å². The maximum absolute atomic E-state index is 12.5. The summed E-state index contributed by atoms with van der Waals surface area (Å²) in [7, 11) is -1.46. The summed E-state index contributed by atoms with van der Waals surface area (Å²) in [4.78, 5) is 4.10. The molecule has 0 atom stereocenters. The number of benzene rings is 2. The normalized spacial score (nSPS) is 11.7. The summed E-state index contributed by atoms with van der Waals surface area (Å²) in [6.45, 7) is -2.16. The van der Waals surface area contributed by atoms with E-state index < -0.39 is 16.4 Å². The molecule has 0 aliphatic carbocycles. The molecule has 0 aliphatic heterocycles. The van der Waals surface area contributed by atoms with Crippen LogP contribution < -0.4 is 15.4 Å². The first-order valence-electron chi connectivity index (χ1n) is 8.49. The van der Waals surface area contributed by atoms with E-state index in [4.69, 9.17) is 0 Å². The van der Waals surface area contributed by atoms with Gasteiger partial charge in [0.1, 0.15) is 5.75 Å². The van der Waals surface area contributed by atoms with Gasteiger partial charge in [0.15, 0.2) is 15.8 Å². The molecule has 29 heavy (non-hydrogen) atoms. The van der Waals surface area contributed by atoms with E-state index in [2.05, 4.69) is 20.4 Å². The lowest BCUT2D eigenvalue weighted by molar-refractivity contribution is -0.0504. The minimum absolute atomic E-state index is 0. The lowest BCUT2D eigenvalue weighted by atomic mass is 10.1. The number of halogens is 3. The smallest absolute Gasteiger partial charge is 0.387 e. The van der Waals surface area contributed by atoms with E-state index in [1.54, 1.807) is 37.4 Å². The average Bonchev–Trinajstić information content (AvgIpc) is 2.62. The number of sulfone groups is 1. The topological polar surface area (TPSA) is 79.8 Å². The Hall–Kier alpha value is -1.95. The Morgan fingerprint density at radius 2 is 1.62 bits per heavy atom. The van der Waals surface area contributed by atoms with Gasteiger partial charge in [-0.05, 0) is 17.2 Å². The molecule has 0 fully saturated rings. The minimum Gasteiger partial charge on any atom is -0.434 e. The summed E-state index contributed by atoms with van der Waals surface area (Å²) in [5.74, 6) is 0.610. The van der Waals surface area contributed by atoms with Gasteiger partial charge < -0.3 is 15.4 Å². The van der Waals surface area contributed by atoms with Crippen LogP contribution in [-0.2, 0) is 28.7 Å². The number of alkyl halides is 2. The van der Waals surface area contributed by atoms with Gasteiger partial charge in [-0.25, -0.2) is 8.42 Å². The van der Waals surface area contributed by atoms with Crippen molar-refractivity contribution in [2.75, 3.05) is 13.3 Å². The summed E-state index contributed by atoms with van der Waals surface area (Å²) in [5, 5.41) is 6.16. The molecule has 0 saturated carbocycles. The number of para-hydroxylation sites is 1. The van der Waals surface area contributed by atoms with Crippen molar-refractivity contribution in [1.29, 1.82) is 0 Å². The first-order valence-corrected chi connectivity index (χ1v) is 10.6. The largest absolute Gasteiger partial charge is 0.434 e. The first kappa shape index (κ1) is 25.1. The van der Waals surface area contributed by atoms with Crippen LogP contribution in [0.1, 0.15) is 16.7 Å². The van der Waals surface area contributed by atoms with Crippen molar-refractivity contribution in [3.63, 3.8) is 0 Å². The zero-order valence-corrected chi connectivity index (χ0v) is 19.2. The van der Waals surface area contributed by atoms with Crippen LogP contribution in [0.4, 0.5) is 8.78 Å². The summed E-state index contributed by atoms with van der Waals surface area (Å²) >= 11 is 0. The quantitative estimate of drug-likeness (QED) is 0.306. The lowest BCUT2D eigenvalue weighted by Gasteiger charge is -2.14. The second kappa shape index (κ2) is 11.9. The van der Waals surface area contributed by atoms with Gasteiger partial charge in [-0.1, -0.05) is 42.5 Å². The van der Waals surface area contributed by atoms with Crippen LogP contribution in [0.15, 0.2) is 53.5 Å². The highest BCUT2D eigenvalue weighted by Gasteiger charge is 2.09. The molecule has 0 amide bonds. The third-order valence-corrected chi connectivity index (χ3v) is 4.63. The molecule has 0 heterocycles. The zero-order chi connectivity index (χ0) is 20.6. The van der Waals surface area contributed by atoms with Crippen LogP contribution in [0.3, 0.4) is 0 Å². The standard InChI is InChI=1S/C19H23F2N3O3S.HI/c1-22-19(24-12-16-5-3-4-6-17(16)27-18(20)21)23-11-14-7-9-15(10-8-14)13-28(2,25)26;/h3-10,18H,11-13H2,1-2H3,(H2,22,23,24);1H. The maximum Gasteiger partial charge on any atom is 0.387 e. The van der Waals surface area contributed by atoms with Crippen molar-refractivity contribution in [1.82, 2.24) is 10.6 Å². The number of hydrogen-bond donors (Lipinski definition) is 2. The van der Waals surface area contributed by atoms with Crippen LogP contribution >= 0.6 is 24.0 Å². The van der Waals surface area contributed by atoms with Crippen molar-refractivity contribution >= 4 is 39.8 Å². The monoisotopic (exact) mass is 539 g/mol. The molecule has 0 saturated heterocycles. The van der Waals surface area contributed by atoms with Crippen LogP contribution in [0.25, 0.3) is 0 Å². The van der Waals surface area contributed by atoms with Gasteiger partial charge >= 0.3 is 6.61 Å². The predicted molar refractivity (Wildman–Crippen MR) is 121 cm³/mol. The molecule has 10 heteroatoms. The fraction of sp³-hybridized carbons (Fsp3) is 0.316. The second-order valence-corrected chi connectivity index (χ2v) is 8.29. The fourth-order valence-electron chi connectivity index (χ4n) is 2.50. The number of nitrogens with one attached hydrogen (secondary N) is 2. The highest BCUT2D eigenvalue weighted by Crippen LogP contribution is 2.19. The van der Waals surface area contributed by atoms with Crippen LogP contribution in [0, 0.1) is 0 Å². The Labute approximate surface area is 186 Å². The van der Waals surface area contributed by atoms with Crippen molar-refractivity contribution in [2.24, 2.45) is 4.99 Å². The van der Waals surface area contributed by atoms with Crippen molar-refractivity contribution in [3.05, 3.63) is 65.2 Å². The van der Waals surface area contributed by atoms with Gasteiger partial charge in [0.25, 0.3) is 0 Å². The molecule has 6 nitrogen and oxygen atoms in total. The van der Waals surface area contributed by atoms with Crippen LogP contribution in [-0.4, -0.2) is 34.3 Å². The zero-order valence-electron chi connectivity index (χ0n) is 16.1. The van der Waals surface area contributed by atoms with Crippen molar-refractivity contribution < 1.29 is 21.9 Å². The Morgan fingerprint density at radius 1 is 1.03 bits per heavy atom.